The monoisotopic (exact) mass is 530 g/mol. The van der Waals surface area contributed by atoms with Gasteiger partial charge in [0.05, 0.1) is 6.04 Å². The number of anilines is 1. The summed E-state index contributed by atoms with van der Waals surface area (Å²) in [6.07, 6.45) is 2.46. The number of benzene rings is 1. The van der Waals surface area contributed by atoms with Gasteiger partial charge in [-0.05, 0) is 50.3 Å². The topological polar surface area (TPSA) is 55.8 Å². The third-order valence-electron chi connectivity index (χ3n) is 5.11. The molecule has 1 aliphatic heterocycles. The van der Waals surface area contributed by atoms with Crippen LogP contribution in [-0.4, -0.2) is 62.7 Å². The second-order valence-electron chi connectivity index (χ2n) is 7.37. The van der Waals surface area contributed by atoms with Crippen LogP contribution in [0.15, 0.2) is 47.6 Å². The Bertz CT molecular complexity index is 848. The molecular weight excluding hydrogens is 501 g/mol. The van der Waals surface area contributed by atoms with E-state index in [1.54, 1.807) is 31.4 Å². The van der Waals surface area contributed by atoms with Gasteiger partial charge in [0.25, 0.3) is 0 Å². The molecule has 1 fully saturated rings. The smallest absolute Gasteiger partial charge is 0.191 e. The fourth-order valence-corrected chi connectivity index (χ4v) is 3.57. The van der Waals surface area contributed by atoms with Gasteiger partial charge in [-0.25, -0.2) is 13.8 Å². The second-order valence-corrected chi connectivity index (χ2v) is 7.37. The molecule has 0 saturated carbocycles. The van der Waals surface area contributed by atoms with Gasteiger partial charge in [0.1, 0.15) is 5.82 Å². The molecule has 0 amide bonds. The summed E-state index contributed by atoms with van der Waals surface area (Å²) in [6, 6.07) is 9.79. The molecule has 1 aliphatic rings. The van der Waals surface area contributed by atoms with Gasteiger partial charge in [0, 0.05) is 38.9 Å². The van der Waals surface area contributed by atoms with E-state index in [1.165, 1.54) is 12.1 Å². The van der Waals surface area contributed by atoms with Gasteiger partial charge in [0.2, 0.25) is 0 Å². The number of hydrogen-bond acceptors (Lipinski definition) is 4. The van der Waals surface area contributed by atoms with Crippen LogP contribution < -0.4 is 15.5 Å². The van der Waals surface area contributed by atoms with E-state index >= 15 is 0 Å². The average Bonchev–Trinajstić information content (AvgIpc) is 3.15. The molecule has 2 unspecified atom stereocenters. The molecule has 9 heteroatoms. The summed E-state index contributed by atoms with van der Waals surface area (Å²) in [7, 11) is 5.64. The second kappa shape index (κ2) is 11.4. The predicted molar refractivity (Wildman–Crippen MR) is 128 cm³/mol. The van der Waals surface area contributed by atoms with Gasteiger partial charge in [-0.1, -0.05) is 12.1 Å². The van der Waals surface area contributed by atoms with E-state index in [2.05, 4.69) is 20.6 Å². The van der Waals surface area contributed by atoms with Crippen LogP contribution in [0.25, 0.3) is 0 Å². The summed E-state index contributed by atoms with van der Waals surface area (Å²) in [4.78, 5) is 12.4. The summed E-state index contributed by atoms with van der Waals surface area (Å²) in [6.45, 7) is 1.95. The van der Waals surface area contributed by atoms with E-state index in [4.69, 9.17) is 0 Å². The largest absolute Gasteiger partial charge is 0.354 e. The third kappa shape index (κ3) is 6.24. The average molecular weight is 530 g/mol. The molecule has 0 spiro atoms. The highest BCUT2D eigenvalue weighted by Gasteiger charge is 2.26. The zero-order valence-corrected chi connectivity index (χ0v) is 19.8. The van der Waals surface area contributed by atoms with E-state index in [1.807, 2.05) is 30.0 Å². The zero-order valence-electron chi connectivity index (χ0n) is 17.5. The van der Waals surface area contributed by atoms with E-state index in [0.29, 0.717) is 24.9 Å². The molecule has 1 saturated heterocycles. The highest BCUT2D eigenvalue weighted by atomic mass is 127. The number of nitrogens with zero attached hydrogens (tertiary/aromatic N) is 4. The van der Waals surface area contributed by atoms with Gasteiger partial charge in [0.15, 0.2) is 17.6 Å². The summed E-state index contributed by atoms with van der Waals surface area (Å²) < 4.78 is 27.6. The quantitative estimate of drug-likeness (QED) is 0.342. The first-order valence-electron chi connectivity index (χ1n) is 9.72. The Hall–Kier alpha value is -2.01. The fourth-order valence-electron chi connectivity index (χ4n) is 3.57. The number of pyridine rings is 1. The van der Waals surface area contributed by atoms with E-state index in [9.17, 15) is 8.78 Å². The van der Waals surface area contributed by atoms with E-state index < -0.39 is 0 Å². The SMILES string of the molecule is CN=C(NCC(c1cccc(F)c1)N(C)C)NC1CCN(c2ncccc2F)C1.I. The fraction of sp³-hybridized carbons (Fsp3) is 0.429. The van der Waals surface area contributed by atoms with Gasteiger partial charge < -0.3 is 20.4 Å². The lowest BCUT2D eigenvalue weighted by molar-refractivity contribution is 0.297. The molecule has 2 heterocycles. The van der Waals surface area contributed by atoms with Gasteiger partial charge in [-0.3, -0.25) is 4.99 Å². The minimum Gasteiger partial charge on any atom is -0.354 e. The van der Waals surface area contributed by atoms with E-state index in [-0.39, 0.29) is 47.7 Å². The molecule has 0 bridgehead atoms. The van der Waals surface area contributed by atoms with Gasteiger partial charge in [-0.15, -0.1) is 24.0 Å². The van der Waals surface area contributed by atoms with Crippen molar-refractivity contribution >= 4 is 35.8 Å². The maximum atomic E-state index is 14.0. The molecule has 6 nitrogen and oxygen atoms in total. The Morgan fingerprint density at radius 2 is 2.10 bits per heavy atom. The Morgan fingerprint density at radius 1 is 1.30 bits per heavy atom. The standard InChI is InChI=1S/C21H28F2N6.HI/c1-24-21(26-13-19(28(2)3)15-6-4-7-16(22)12-15)27-17-9-11-29(14-17)20-18(23)8-5-10-25-20;/h4-8,10,12,17,19H,9,11,13-14H2,1-3H3,(H2,24,26,27);1H. The summed E-state index contributed by atoms with van der Waals surface area (Å²) >= 11 is 0. The highest BCUT2D eigenvalue weighted by molar-refractivity contribution is 14.0. The number of halogens is 3. The molecule has 2 atom stereocenters. The van der Waals surface area contributed by atoms with E-state index in [0.717, 1.165) is 18.5 Å². The molecule has 1 aromatic heterocycles. The Morgan fingerprint density at radius 3 is 2.77 bits per heavy atom. The maximum Gasteiger partial charge on any atom is 0.191 e. The van der Waals surface area contributed by atoms with Crippen molar-refractivity contribution in [3.05, 3.63) is 59.8 Å². The first-order chi connectivity index (χ1) is 14.0. The van der Waals surface area contributed by atoms with Crippen LogP contribution in [0.5, 0.6) is 0 Å². The van der Waals surface area contributed by atoms with Gasteiger partial charge >= 0.3 is 0 Å². The van der Waals surface area contributed by atoms with Gasteiger partial charge in [-0.2, -0.15) is 0 Å². The lowest BCUT2D eigenvalue weighted by Gasteiger charge is -2.27. The number of aromatic nitrogens is 1. The van der Waals surface area contributed by atoms with Crippen molar-refractivity contribution in [1.29, 1.82) is 0 Å². The molecule has 0 aliphatic carbocycles. The highest BCUT2D eigenvalue weighted by Crippen LogP contribution is 2.21. The van der Waals surface area contributed by atoms with Crippen LogP contribution >= 0.6 is 24.0 Å². The molecule has 164 valence electrons. The predicted octanol–water partition coefficient (Wildman–Crippen LogP) is 3.02. The lowest BCUT2D eigenvalue weighted by atomic mass is 10.1. The number of aliphatic imine (C=N–C) groups is 1. The summed E-state index contributed by atoms with van der Waals surface area (Å²) in [5, 5.41) is 6.72. The summed E-state index contributed by atoms with van der Waals surface area (Å²) in [5.74, 6) is 0.504. The van der Waals surface area contributed by atoms with Crippen LogP contribution in [0, 0.1) is 11.6 Å². The van der Waals surface area contributed by atoms with Crippen molar-refractivity contribution in [2.24, 2.45) is 4.99 Å². The number of likely N-dealkylation sites (N-methyl/N-ethyl adjacent to an activating group) is 1. The lowest BCUT2D eigenvalue weighted by Crippen LogP contribution is -2.46. The molecule has 2 N–H and O–H groups in total. The minimum atomic E-state index is -0.306. The Labute approximate surface area is 193 Å². The van der Waals surface area contributed by atoms with Crippen molar-refractivity contribution < 1.29 is 8.78 Å². The molecular formula is C21H29F2IN6. The van der Waals surface area contributed by atoms with Crippen LogP contribution in [0.1, 0.15) is 18.0 Å². The first kappa shape index (κ1) is 24.3. The normalized spacial score (nSPS) is 17.6. The molecule has 3 rings (SSSR count). The third-order valence-corrected chi connectivity index (χ3v) is 5.11. The number of hydrogen-bond donors (Lipinski definition) is 2. The van der Waals surface area contributed by atoms with Crippen molar-refractivity contribution in [2.75, 3.05) is 45.7 Å². The molecule has 0 radical (unpaired) electrons. The van der Waals surface area contributed by atoms with Crippen molar-refractivity contribution in [3.8, 4) is 0 Å². The number of guanidine groups is 1. The first-order valence-corrected chi connectivity index (χ1v) is 9.72. The van der Waals surface area contributed by atoms with Crippen molar-refractivity contribution in [2.45, 2.75) is 18.5 Å². The van der Waals surface area contributed by atoms with Crippen LogP contribution in [0.3, 0.4) is 0 Å². The van der Waals surface area contributed by atoms with Crippen molar-refractivity contribution in [3.63, 3.8) is 0 Å². The molecule has 30 heavy (non-hydrogen) atoms. The number of nitrogens with one attached hydrogen (secondary N) is 2. The van der Waals surface area contributed by atoms with Crippen molar-refractivity contribution in [1.82, 2.24) is 20.5 Å². The summed E-state index contributed by atoms with van der Waals surface area (Å²) in [5.41, 5.74) is 0.899. The molecule has 1 aromatic carbocycles. The zero-order chi connectivity index (χ0) is 20.8. The number of rotatable bonds is 6. The Balaban J connectivity index is 0.00000320. The van der Waals surface area contributed by atoms with Crippen LogP contribution in [0.4, 0.5) is 14.6 Å². The van der Waals surface area contributed by atoms with Crippen LogP contribution in [0.2, 0.25) is 0 Å². The minimum absolute atomic E-state index is 0. The molecule has 2 aromatic rings. The maximum absolute atomic E-state index is 14.0. The van der Waals surface area contributed by atoms with Crippen LogP contribution in [-0.2, 0) is 0 Å². The Kier molecular flexibility index (Phi) is 9.22.